The lowest BCUT2D eigenvalue weighted by molar-refractivity contribution is -0.137. The normalized spacial score (nSPS) is 11.9. The van der Waals surface area contributed by atoms with Crippen LogP contribution >= 0.6 is 0 Å². The maximum Gasteiger partial charge on any atom is 0.416 e. The van der Waals surface area contributed by atoms with Gasteiger partial charge in [0.2, 0.25) is 0 Å². The minimum atomic E-state index is -4.55. The van der Waals surface area contributed by atoms with Crippen LogP contribution in [-0.4, -0.2) is 9.13 Å². The number of fused-ring (bicyclic) bond motifs is 6. The van der Waals surface area contributed by atoms with Crippen molar-refractivity contribution in [2.24, 2.45) is 0 Å². The Balaban J connectivity index is 1.22. The molecule has 0 amide bonds. The highest BCUT2D eigenvalue weighted by Crippen LogP contribution is 2.47. The summed E-state index contributed by atoms with van der Waals surface area (Å²) < 4.78 is 48.4. The van der Waals surface area contributed by atoms with Gasteiger partial charge in [-0.2, -0.15) is 18.4 Å². The van der Waals surface area contributed by atoms with Crippen LogP contribution in [-0.2, 0) is 6.18 Å². The molecule has 0 saturated heterocycles. The van der Waals surface area contributed by atoms with Crippen LogP contribution in [0.2, 0.25) is 0 Å². The lowest BCUT2D eigenvalue weighted by atomic mass is 9.93. The van der Waals surface area contributed by atoms with E-state index in [4.69, 9.17) is 0 Å². The average Bonchev–Trinajstić information content (AvgIpc) is 4.16. The van der Waals surface area contributed by atoms with E-state index < -0.39 is 11.7 Å². The van der Waals surface area contributed by atoms with Gasteiger partial charge in [0, 0.05) is 27.1 Å². The van der Waals surface area contributed by atoms with Gasteiger partial charge in [-0.3, -0.25) is 0 Å². The van der Waals surface area contributed by atoms with Crippen LogP contribution in [0.25, 0.3) is 111 Å². The molecule has 12 rings (SSSR count). The van der Waals surface area contributed by atoms with Crippen LogP contribution in [0.3, 0.4) is 0 Å². The summed E-state index contributed by atoms with van der Waals surface area (Å²) in [5.74, 6) is 0. The van der Waals surface area contributed by atoms with Crippen molar-refractivity contribution in [3.05, 3.63) is 237 Å². The first kappa shape index (κ1) is 49.0. The van der Waals surface area contributed by atoms with Gasteiger partial charge in [-0.05, 0) is 213 Å². The highest BCUT2D eigenvalue weighted by atomic mass is 19.4. The second-order valence-corrected chi connectivity index (χ2v) is 21.4. The Kier molecular flexibility index (Phi) is 11.7. The fourth-order valence-corrected chi connectivity index (χ4v) is 12.2. The van der Waals surface area contributed by atoms with E-state index in [-0.39, 0.29) is 0 Å². The van der Waals surface area contributed by atoms with E-state index in [1.807, 2.05) is 12.1 Å². The molecule has 0 fully saturated rings. The Morgan fingerprint density at radius 1 is 0.338 bits per heavy atom. The first-order valence-corrected chi connectivity index (χ1v) is 26.2. The fraction of sp³-hybridized carbons (Fsp3) is 0.141. The standard InChI is InChI=1S/C71H56F3N3/c1-40-10-19-55(44(5)28-40)50-14-24-64-60(35-50)61-36-51(56-20-11-41(2)29-45(56)6)15-25-65(61)76(64)68-33-49(39-75)34-69(70(68)59-23-18-54(32-48(59)9)71(72,73)74)77-66-26-16-52(57-21-12-42(3)30-46(57)7)37-62(66)63-38-53(17-27-67(63)77)58-22-13-43(4)31-47(58)8/h10-38H,1-9H3. The Morgan fingerprint density at radius 2 is 0.636 bits per heavy atom. The summed E-state index contributed by atoms with van der Waals surface area (Å²) in [5.41, 5.74) is 24.6. The van der Waals surface area contributed by atoms with E-state index in [1.165, 1.54) is 56.6 Å². The van der Waals surface area contributed by atoms with Crippen molar-refractivity contribution in [1.29, 1.82) is 5.26 Å². The summed E-state index contributed by atoms with van der Waals surface area (Å²) in [7, 11) is 0. The second kappa shape index (κ2) is 18.4. The van der Waals surface area contributed by atoms with Crippen molar-refractivity contribution in [3.8, 4) is 73.1 Å². The molecule has 0 radical (unpaired) electrons. The summed E-state index contributed by atoms with van der Waals surface area (Å²) in [6.45, 7) is 18.8. The van der Waals surface area contributed by atoms with Gasteiger partial charge < -0.3 is 9.13 Å². The molecule has 0 aliphatic rings. The number of halogens is 3. The molecule has 0 saturated carbocycles. The number of aryl methyl sites for hydroxylation is 9. The number of rotatable bonds is 7. The van der Waals surface area contributed by atoms with Crippen molar-refractivity contribution >= 4 is 43.6 Å². The van der Waals surface area contributed by atoms with Crippen molar-refractivity contribution < 1.29 is 13.2 Å². The molecular formula is C71H56F3N3. The van der Waals surface area contributed by atoms with Gasteiger partial charge in [-0.15, -0.1) is 0 Å². The zero-order chi connectivity index (χ0) is 53.8. The van der Waals surface area contributed by atoms with Crippen molar-refractivity contribution in [1.82, 2.24) is 9.13 Å². The van der Waals surface area contributed by atoms with Crippen LogP contribution < -0.4 is 0 Å². The zero-order valence-corrected chi connectivity index (χ0v) is 44.7. The van der Waals surface area contributed by atoms with E-state index in [2.05, 4.69) is 216 Å². The van der Waals surface area contributed by atoms with Gasteiger partial charge in [0.05, 0.1) is 50.6 Å². The Bertz CT molecular complexity index is 4030. The van der Waals surface area contributed by atoms with Crippen molar-refractivity contribution in [2.45, 2.75) is 68.5 Å². The van der Waals surface area contributed by atoms with E-state index in [0.717, 1.165) is 88.1 Å². The molecule has 0 bridgehead atoms. The number of alkyl halides is 3. The first-order valence-electron chi connectivity index (χ1n) is 26.2. The first-order chi connectivity index (χ1) is 36.9. The van der Waals surface area contributed by atoms with Gasteiger partial charge >= 0.3 is 6.18 Å². The molecular weight excluding hydrogens is 952 g/mol. The number of benzene rings is 10. The molecule has 3 nitrogen and oxygen atoms in total. The molecule has 10 aromatic carbocycles. The van der Waals surface area contributed by atoms with Gasteiger partial charge in [-0.1, -0.05) is 125 Å². The van der Waals surface area contributed by atoms with E-state index in [9.17, 15) is 18.4 Å². The second-order valence-electron chi connectivity index (χ2n) is 21.4. The maximum atomic E-state index is 14.7. The summed E-state index contributed by atoms with van der Waals surface area (Å²) >= 11 is 0. The molecule has 12 aromatic rings. The number of hydrogen-bond acceptors (Lipinski definition) is 1. The van der Waals surface area contributed by atoms with E-state index in [0.29, 0.717) is 33.6 Å². The molecule has 376 valence electrons. The smallest absolute Gasteiger partial charge is 0.308 e. The minimum Gasteiger partial charge on any atom is -0.308 e. The van der Waals surface area contributed by atoms with Crippen LogP contribution in [0, 0.1) is 73.6 Å². The van der Waals surface area contributed by atoms with Gasteiger partial charge in [-0.25, -0.2) is 0 Å². The summed E-state index contributed by atoms with van der Waals surface area (Å²) in [4.78, 5) is 0. The summed E-state index contributed by atoms with van der Waals surface area (Å²) in [5, 5.41) is 15.3. The Labute approximate surface area is 447 Å². The molecule has 0 spiro atoms. The van der Waals surface area contributed by atoms with Gasteiger partial charge in [0.1, 0.15) is 0 Å². The topological polar surface area (TPSA) is 33.6 Å². The molecule has 0 aliphatic carbocycles. The average molecular weight is 1010 g/mol. The molecule has 0 aliphatic heterocycles. The Morgan fingerprint density at radius 3 is 0.909 bits per heavy atom. The fourth-order valence-electron chi connectivity index (χ4n) is 12.2. The molecule has 0 unspecified atom stereocenters. The van der Waals surface area contributed by atoms with Gasteiger partial charge in [0.25, 0.3) is 0 Å². The van der Waals surface area contributed by atoms with Crippen LogP contribution in [0.5, 0.6) is 0 Å². The maximum absolute atomic E-state index is 14.7. The molecule has 0 N–H and O–H groups in total. The third-order valence-electron chi connectivity index (χ3n) is 15.8. The highest BCUT2D eigenvalue weighted by molar-refractivity contribution is 6.14. The zero-order valence-electron chi connectivity index (χ0n) is 44.7. The Hall–Kier alpha value is -8.92. The molecule has 77 heavy (non-hydrogen) atoms. The highest BCUT2D eigenvalue weighted by Gasteiger charge is 2.32. The summed E-state index contributed by atoms with van der Waals surface area (Å²) in [6, 6.07) is 62.9. The van der Waals surface area contributed by atoms with Crippen molar-refractivity contribution in [2.75, 3.05) is 0 Å². The number of nitriles is 1. The lowest BCUT2D eigenvalue weighted by Gasteiger charge is -2.22. The lowest BCUT2D eigenvalue weighted by Crippen LogP contribution is -2.08. The quantitative estimate of drug-likeness (QED) is 0.157. The van der Waals surface area contributed by atoms with Crippen LogP contribution in [0.1, 0.15) is 61.2 Å². The molecule has 2 aromatic heterocycles. The number of aromatic nitrogens is 2. The van der Waals surface area contributed by atoms with E-state index in [1.54, 1.807) is 13.0 Å². The third-order valence-corrected chi connectivity index (χ3v) is 15.8. The largest absolute Gasteiger partial charge is 0.416 e. The minimum absolute atomic E-state index is 0.408. The third kappa shape index (κ3) is 8.38. The molecule has 0 atom stereocenters. The van der Waals surface area contributed by atoms with Crippen LogP contribution in [0.15, 0.2) is 176 Å². The number of nitrogens with zero attached hydrogens (tertiary/aromatic N) is 3. The monoisotopic (exact) mass is 1010 g/mol. The van der Waals surface area contributed by atoms with Crippen LogP contribution in [0.4, 0.5) is 13.2 Å². The predicted molar refractivity (Wildman–Crippen MR) is 315 cm³/mol. The molecule has 6 heteroatoms. The molecule has 2 heterocycles. The SMILES string of the molecule is Cc1ccc(-c2ccc3c(c2)c2cc(-c4ccc(C)cc4C)ccc2n3-c2cc(C#N)cc(-n3c4ccc(-c5ccc(C)cc5C)cc4c4cc(-c5ccc(C)cc5C)ccc43)c2-c2ccc(C(F)(F)F)cc2C)c(C)c1. The van der Waals surface area contributed by atoms with E-state index >= 15 is 0 Å². The van der Waals surface area contributed by atoms with Gasteiger partial charge in [0.15, 0.2) is 0 Å². The van der Waals surface area contributed by atoms with Crippen molar-refractivity contribution in [3.63, 3.8) is 0 Å². The predicted octanol–water partition coefficient (Wildman–Crippen LogP) is 19.9. The summed E-state index contributed by atoms with van der Waals surface area (Å²) in [6.07, 6.45) is -4.55. The number of hydrogen-bond donors (Lipinski definition) is 0.